The molecule has 4 rings (SSSR count). The van der Waals surface area contributed by atoms with Gasteiger partial charge in [-0.15, -0.1) is 0 Å². The summed E-state index contributed by atoms with van der Waals surface area (Å²) in [6, 6.07) is 25.6. The van der Waals surface area contributed by atoms with Gasteiger partial charge in [0.2, 0.25) is 0 Å². The van der Waals surface area contributed by atoms with Crippen molar-refractivity contribution < 1.29 is 4.79 Å². The molecule has 1 N–H and O–H groups in total. The number of halogens is 1. The van der Waals surface area contributed by atoms with E-state index < -0.39 is 0 Å². The number of rotatable bonds is 4. The van der Waals surface area contributed by atoms with Crippen molar-refractivity contribution in [3.05, 3.63) is 101 Å². The van der Waals surface area contributed by atoms with Crippen molar-refractivity contribution in [1.29, 1.82) is 0 Å². The van der Waals surface area contributed by atoms with Crippen molar-refractivity contribution in [2.45, 2.75) is 6.92 Å². The van der Waals surface area contributed by atoms with Crippen molar-refractivity contribution in [3.8, 4) is 16.8 Å². The molecule has 0 aliphatic carbocycles. The maximum absolute atomic E-state index is 12.9. The molecule has 1 aromatic heterocycles. The number of carbonyl (C=O) groups excluding carboxylic acids is 1. The maximum atomic E-state index is 12.9. The first kappa shape index (κ1) is 18.2. The monoisotopic (exact) mass is 431 g/mol. The summed E-state index contributed by atoms with van der Waals surface area (Å²) in [5.41, 5.74) is 5.05. The number of benzene rings is 3. The van der Waals surface area contributed by atoms with Crippen LogP contribution in [-0.2, 0) is 0 Å². The number of amides is 1. The Labute approximate surface area is 172 Å². The standard InChI is InChI=1S/C23H18BrN3O/c1-16-21(15-25-27(16)19-13-11-18(24)12-14-19)23(28)26-22-10-6-5-9-20(22)17-7-3-2-4-8-17/h2-15H,1H3,(H,26,28). The number of anilines is 1. The second-order valence-corrected chi connectivity index (χ2v) is 7.31. The molecule has 0 spiro atoms. The summed E-state index contributed by atoms with van der Waals surface area (Å²) in [6.45, 7) is 1.90. The number of hydrogen-bond acceptors (Lipinski definition) is 2. The van der Waals surface area contributed by atoms with Gasteiger partial charge >= 0.3 is 0 Å². The molecular formula is C23H18BrN3O. The second-order valence-electron chi connectivity index (χ2n) is 6.40. The molecule has 138 valence electrons. The van der Waals surface area contributed by atoms with Gasteiger partial charge in [-0.25, -0.2) is 4.68 Å². The summed E-state index contributed by atoms with van der Waals surface area (Å²) in [5.74, 6) is -0.177. The highest BCUT2D eigenvalue weighted by Gasteiger charge is 2.16. The van der Waals surface area contributed by atoms with Crippen molar-refractivity contribution in [1.82, 2.24) is 9.78 Å². The molecule has 4 aromatic rings. The zero-order valence-electron chi connectivity index (χ0n) is 15.3. The first-order valence-electron chi connectivity index (χ1n) is 8.90. The Balaban J connectivity index is 1.63. The van der Waals surface area contributed by atoms with Crippen molar-refractivity contribution in [2.24, 2.45) is 0 Å². The van der Waals surface area contributed by atoms with Crippen molar-refractivity contribution in [2.75, 3.05) is 5.32 Å². The SMILES string of the molecule is Cc1c(C(=O)Nc2ccccc2-c2ccccc2)cnn1-c1ccc(Br)cc1. The van der Waals surface area contributed by atoms with Gasteiger partial charge in [-0.3, -0.25) is 4.79 Å². The number of para-hydroxylation sites is 1. The fourth-order valence-corrected chi connectivity index (χ4v) is 3.39. The molecule has 3 aromatic carbocycles. The van der Waals surface area contributed by atoms with Crippen LogP contribution in [0.15, 0.2) is 89.5 Å². The number of aromatic nitrogens is 2. The number of nitrogens with zero attached hydrogens (tertiary/aromatic N) is 2. The lowest BCUT2D eigenvalue weighted by Crippen LogP contribution is -2.13. The Morgan fingerprint density at radius 1 is 0.929 bits per heavy atom. The molecule has 0 saturated carbocycles. The minimum atomic E-state index is -0.177. The van der Waals surface area contributed by atoms with E-state index in [9.17, 15) is 4.79 Å². The van der Waals surface area contributed by atoms with Crippen LogP contribution in [0.5, 0.6) is 0 Å². The topological polar surface area (TPSA) is 46.9 Å². The minimum Gasteiger partial charge on any atom is -0.321 e. The molecule has 0 fully saturated rings. The lowest BCUT2D eigenvalue weighted by atomic mass is 10.0. The molecule has 0 bridgehead atoms. The quantitative estimate of drug-likeness (QED) is 0.439. The highest BCUT2D eigenvalue weighted by Crippen LogP contribution is 2.28. The van der Waals surface area contributed by atoms with E-state index in [4.69, 9.17) is 0 Å². The lowest BCUT2D eigenvalue weighted by molar-refractivity contribution is 0.102. The molecule has 4 nitrogen and oxygen atoms in total. The molecule has 0 saturated heterocycles. The van der Waals surface area contributed by atoms with Gasteiger partial charge in [-0.2, -0.15) is 5.10 Å². The second kappa shape index (κ2) is 7.82. The Bertz CT molecular complexity index is 1120. The van der Waals surface area contributed by atoms with Gasteiger partial charge in [0.1, 0.15) is 0 Å². The Morgan fingerprint density at radius 3 is 2.36 bits per heavy atom. The third-order valence-electron chi connectivity index (χ3n) is 4.59. The van der Waals surface area contributed by atoms with Crippen LogP contribution in [0.25, 0.3) is 16.8 Å². The number of carbonyl (C=O) groups is 1. The third-order valence-corrected chi connectivity index (χ3v) is 5.11. The Kier molecular flexibility index (Phi) is 5.08. The van der Waals surface area contributed by atoms with E-state index in [0.29, 0.717) is 5.56 Å². The summed E-state index contributed by atoms with van der Waals surface area (Å²) in [6.07, 6.45) is 1.61. The predicted molar refractivity (Wildman–Crippen MR) is 116 cm³/mol. The fraction of sp³-hybridized carbons (Fsp3) is 0.0435. The van der Waals surface area contributed by atoms with Gasteiger partial charge in [-0.05, 0) is 42.8 Å². The van der Waals surface area contributed by atoms with E-state index in [-0.39, 0.29) is 5.91 Å². The minimum absolute atomic E-state index is 0.177. The molecule has 0 aliphatic heterocycles. The van der Waals surface area contributed by atoms with E-state index >= 15 is 0 Å². The van der Waals surface area contributed by atoms with E-state index in [1.807, 2.05) is 85.8 Å². The molecule has 5 heteroatoms. The normalized spacial score (nSPS) is 10.6. The van der Waals surface area contributed by atoms with Gasteiger partial charge < -0.3 is 5.32 Å². The van der Waals surface area contributed by atoms with E-state index in [0.717, 1.165) is 32.7 Å². The largest absolute Gasteiger partial charge is 0.321 e. The zero-order chi connectivity index (χ0) is 19.5. The fourth-order valence-electron chi connectivity index (χ4n) is 3.13. The van der Waals surface area contributed by atoms with Crippen LogP contribution in [0.3, 0.4) is 0 Å². The van der Waals surface area contributed by atoms with Crippen molar-refractivity contribution >= 4 is 27.5 Å². The molecule has 1 amide bonds. The summed E-state index contributed by atoms with van der Waals surface area (Å²) >= 11 is 3.43. The van der Waals surface area contributed by atoms with Gasteiger partial charge in [0.15, 0.2) is 0 Å². The molecule has 0 radical (unpaired) electrons. The van der Waals surface area contributed by atoms with Gasteiger partial charge in [0.25, 0.3) is 5.91 Å². The average Bonchev–Trinajstić information content (AvgIpc) is 3.11. The van der Waals surface area contributed by atoms with E-state index in [1.165, 1.54) is 0 Å². The van der Waals surface area contributed by atoms with Crippen LogP contribution < -0.4 is 5.32 Å². The molecule has 0 unspecified atom stereocenters. The summed E-state index contributed by atoms with van der Waals surface area (Å²) in [7, 11) is 0. The maximum Gasteiger partial charge on any atom is 0.259 e. The van der Waals surface area contributed by atoms with Crippen LogP contribution in [0, 0.1) is 6.92 Å². The molecule has 28 heavy (non-hydrogen) atoms. The van der Waals surface area contributed by atoms with Crippen LogP contribution in [0.1, 0.15) is 16.1 Å². The van der Waals surface area contributed by atoms with Gasteiger partial charge in [0, 0.05) is 15.7 Å². The first-order valence-corrected chi connectivity index (χ1v) is 9.69. The average molecular weight is 432 g/mol. The van der Waals surface area contributed by atoms with E-state index in [1.54, 1.807) is 10.9 Å². The van der Waals surface area contributed by atoms with Gasteiger partial charge in [-0.1, -0.05) is 64.5 Å². The third kappa shape index (κ3) is 3.62. The number of nitrogens with one attached hydrogen (secondary N) is 1. The van der Waals surface area contributed by atoms with Crippen LogP contribution in [0.4, 0.5) is 5.69 Å². The highest BCUT2D eigenvalue weighted by atomic mass is 79.9. The molecule has 0 atom stereocenters. The van der Waals surface area contributed by atoms with E-state index in [2.05, 4.69) is 26.3 Å². The Morgan fingerprint density at radius 2 is 1.61 bits per heavy atom. The van der Waals surface area contributed by atoms with Crippen LogP contribution in [0.2, 0.25) is 0 Å². The lowest BCUT2D eigenvalue weighted by Gasteiger charge is -2.11. The van der Waals surface area contributed by atoms with Crippen LogP contribution in [-0.4, -0.2) is 15.7 Å². The smallest absolute Gasteiger partial charge is 0.259 e. The Hall–Kier alpha value is -3.18. The summed E-state index contributed by atoms with van der Waals surface area (Å²) in [5, 5.41) is 7.44. The number of hydrogen-bond donors (Lipinski definition) is 1. The summed E-state index contributed by atoms with van der Waals surface area (Å²) in [4.78, 5) is 12.9. The molecule has 1 heterocycles. The summed E-state index contributed by atoms with van der Waals surface area (Å²) < 4.78 is 2.77. The van der Waals surface area contributed by atoms with Gasteiger partial charge in [0.05, 0.1) is 23.1 Å². The highest BCUT2D eigenvalue weighted by molar-refractivity contribution is 9.10. The molecule has 0 aliphatic rings. The van der Waals surface area contributed by atoms with Crippen LogP contribution >= 0.6 is 15.9 Å². The molecular weight excluding hydrogens is 414 g/mol. The zero-order valence-corrected chi connectivity index (χ0v) is 16.8. The first-order chi connectivity index (χ1) is 13.6. The van der Waals surface area contributed by atoms with Crippen molar-refractivity contribution in [3.63, 3.8) is 0 Å². The predicted octanol–water partition coefficient (Wildman–Crippen LogP) is 5.86.